The molecule has 2 saturated heterocycles. The summed E-state index contributed by atoms with van der Waals surface area (Å²) in [6.45, 7) is -0.587. The summed E-state index contributed by atoms with van der Waals surface area (Å²) in [5, 5.41) is 36.4. The van der Waals surface area contributed by atoms with Crippen LogP contribution in [0.1, 0.15) is 25.1 Å². The molecular formula is C21H24N10O7S3. The van der Waals surface area contributed by atoms with E-state index in [-0.39, 0.29) is 46.0 Å². The number of oxime groups is 1. The lowest BCUT2D eigenvalue weighted by atomic mass is 9.89. The maximum atomic E-state index is 13.2. The largest absolute Gasteiger partial charge is 0.481 e. The van der Waals surface area contributed by atoms with E-state index < -0.39 is 47.1 Å². The number of aromatic nitrogens is 6. The highest BCUT2D eigenvalue weighted by Crippen LogP contribution is 2.44. The molecule has 218 valence electrons. The number of tetrazole rings is 1. The van der Waals surface area contributed by atoms with Gasteiger partial charge in [-0.25, -0.2) is 4.68 Å². The van der Waals surface area contributed by atoms with E-state index >= 15 is 0 Å². The van der Waals surface area contributed by atoms with Gasteiger partial charge in [0.15, 0.2) is 5.13 Å². The first-order valence-corrected chi connectivity index (χ1v) is 15.0. The van der Waals surface area contributed by atoms with Crippen molar-refractivity contribution in [3.63, 3.8) is 0 Å². The molecule has 2 amide bonds. The average molecular weight is 625 g/mol. The zero-order valence-electron chi connectivity index (χ0n) is 21.2. The van der Waals surface area contributed by atoms with Gasteiger partial charge in [0.2, 0.25) is 22.6 Å². The molecule has 2 aromatic rings. The highest BCUT2D eigenvalue weighted by molar-refractivity contribution is 8.00. The molecule has 3 unspecified atom stereocenters. The minimum atomic E-state index is -1.35. The van der Waals surface area contributed by atoms with Crippen molar-refractivity contribution in [1.82, 2.24) is 39.8 Å². The molecule has 0 saturated carbocycles. The van der Waals surface area contributed by atoms with E-state index in [0.717, 1.165) is 47.2 Å². The van der Waals surface area contributed by atoms with Crippen molar-refractivity contribution in [2.45, 2.75) is 48.5 Å². The van der Waals surface area contributed by atoms with Gasteiger partial charge in [0, 0.05) is 29.6 Å². The lowest BCUT2D eigenvalue weighted by Crippen LogP contribution is -2.74. The fourth-order valence-corrected chi connectivity index (χ4v) is 7.52. The summed E-state index contributed by atoms with van der Waals surface area (Å²) in [6.07, 6.45) is 6.10. The number of fused-ring (bicyclic) bond motifs is 1. The van der Waals surface area contributed by atoms with Gasteiger partial charge in [-0.3, -0.25) is 19.2 Å². The third-order valence-electron chi connectivity index (χ3n) is 6.50. The van der Waals surface area contributed by atoms with Crippen molar-refractivity contribution in [1.29, 1.82) is 0 Å². The summed E-state index contributed by atoms with van der Waals surface area (Å²) in [7, 11) is 0. The molecule has 0 bridgehead atoms. The number of carbonyl (C=O) groups is 4. The summed E-state index contributed by atoms with van der Waals surface area (Å²) in [5.41, 5.74) is 4.12. The molecule has 2 fully saturated rings. The molecule has 0 spiro atoms. The molecule has 4 heterocycles. The number of anilines is 1. The van der Waals surface area contributed by atoms with Gasteiger partial charge >= 0.3 is 11.9 Å². The Morgan fingerprint density at radius 3 is 2.85 bits per heavy atom. The summed E-state index contributed by atoms with van der Waals surface area (Å²) < 4.78 is 5.11. The number of nitrogens with zero attached hydrogens (tertiary/aromatic N) is 8. The summed E-state index contributed by atoms with van der Waals surface area (Å²) in [5.74, 6) is -3.37. The quantitative estimate of drug-likeness (QED) is 0.0793. The maximum Gasteiger partial charge on any atom is 0.325 e. The smallest absolute Gasteiger partial charge is 0.325 e. The Morgan fingerprint density at radius 2 is 2.17 bits per heavy atom. The average Bonchev–Trinajstić information content (AvgIpc) is 3.59. The Hall–Kier alpha value is -3.78. The van der Waals surface area contributed by atoms with Crippen LogP contribution in [0.5, 0.6) is 0 Å². The van der Waals surface area contributed by atoms with Gasteiger partial charge in [-0.05, 0) is 35.8 Å². The summed E-state index contributed by atoms with van der Waals surface area (Å²) in [6, 6.07) is -0.925. The number of nitrogens with two attached hydrogens (primary N) is 1. The number of nitrogens with one attached hydrogen (secondary N) is 1. The zero-order valence-corrected chi connectivity index (χ0v) is 23.6. The van der Waals surface area contributed by atoms with Crippen LogP contribution in [0.2, 0.25) is 0 Å². The van der Waals surface area contributed by atoms with Crippen molar-refractivity contribution in [2.24, 2.45) is 10.6 Å². The third-order valence-corrected chi connectivity index (χ3v) is 9.88. The Balaban J connectivity index is 1.25. The first-order valence-electron chi connectivity index (χ1n) is 12.2. The number of rotatable bonds is 11. The van der Waals surface area contributed by atoms with Crippen LogP contribution in [0, 0.1) is 5.41 Å². The number of carboxylic acid groups (broad SMARTS) is 2. The number of aliphatic carboxylic acids is 2. The fraction of sp³-hybridized carbons (Fsp3) is 0.524. The predicted molar refractivity (Wildman–Crippen MR) is 145 cm³/mol. The van der Waals surface area contributed by atoms with Crippen LogP contribution < -0.4 is 11.1 Å². The topological polar surface area (TPSA) is 241 Å². The number of β-lactam (4-membered cyclic amide) rings is 1. The van der Waals surface area contributed by atoms with Crippen LogP contribution in [-0.2, 0) is 30.6 Å². The molecule has 17 nitrogen and oxygen atoms in total. The first kappa shape index (κ1) is 28.7. The highest BCUT2D eigenvalue weighted by atomic mass is 32.2. The number of amides is 2. The Bertz CT molecular complexity index is 1410. The van der Waals surface area contributed by atoms with E-state index in [2.05, 4.69) is 35.4 Å². The Kier molecular flexibility index (Phi) is 8.40. The van der Waals surface area contributed by atoms with E-state index in [1.807, 2.05) is 12.2 Å². The second-order valence-corrected chi connectivity index (χ2v) is 12.2. The molecule has 1 aliphatic carbocycles. The van der Waals surface area contributed by atoms with Gasteiger partial charge in [-0.2, -0.15) is 9.36 Å². The van der Waals surface area contributed by atoms with Gasteiger partial charge in [0.25, 0.3) is 5.91 Å². The minimum Gasteiger partial charge on any atom is -0.481 e. The number of carboxylic acids is 2. The molecule has 5 rings (SSSR count). The van der Waals surface area contributed by atoms with Crippen molar-refractivity contribution >= 4 is 69.7 Å². The monoisotopic (exact) mass is 624 g/mol. The standard InChI is InChI=1S/C21H24N10O7S3/c22-19-24-14(27-41-19)12(26-38-10-4-2-1-3-5-10)15(34)23-13-16(35)30-7-21(18(36)37,8-39-17(13)30)9-40-20-25-28-29-31(20)6-11(32)33/h2,4,10,13,17H,1,3,5-9H2,(H,23,34)(H,32,33)(H,36,37)(H2,22,24,27)/t10?,13?,17-,21?/m1/s1. The number of hydrogen-bond donors (Lipinski definition) is 4. The van der Waals surface area contributed by atoms with Gasteiger partial charge in [-0.1, -0.05) is 23.0 Å². The highest BCUT2D eigenvalue weighted by Gasteiger charge is 2.57. The van der Waals surface area contributed by atoms with Crippen LogP contribution in [0.4, 0.5) is 5.13 Å². The summed E-state index contributed by atoms with van der Waals surface area (Å²) >= 11 is 3.10. The zero-order chi connectivity index (χ0) is 29.1. The van der Waals surface area contributed by atoms with E-state index in [1.54, 1.807) is 0 Å². The van der Waals surface area contributed by atoms with Gasteiger partial charge in [-0.15, -0.1) is 16.9 Å². The van der Waals surface area contributed by atoms with E-state index in [4.69, 9.17) is 15.7 Å². The van der Waals surface area contributed by atoms with Crippen molar-refractivity contribution in [2.75, 3.05) is 23.8 Å². The van der Waals surface area contributed by atoms with Crippen molar-refractivity contribution in [3.05, 3.63) is 18.0 Å². The minimum absolute atomic E-state index is 0.0104. The van der Waals surface area contributed by atoms with Crippen LogP contribution in [0.25, 0.3) is 0 Å². The number of nitrogen functional groups attached to an aromatic ring is 1. The SMILES string of the molecule is Nc1nc(C(=NOC2C=CCCC2)C(=O)NC2C(=O)N3CC(CSc4nnnn4CC(=O)O)(C(=O)O)CS[C@H]23)ns1. The molecule has 4 atom stereocenters. The predicted octanol–water partition coefficient (Wildman–Crippen LogP) is -0.716. The molecular weight excluding hydrogens is 600 g/mol. The third kappa shape index (κ3) is 6.12. The van der Waals surface area contributed by atoms with Crippen LogP contribution in [0.15, 0.2) is 22.5 Å². The maximum absolute atomic E-state index is 13.2. The second-order valence-electron chi connectivity index (χ2n) is 9.40. The first-order chi connectivity index (χ1) is 19.7. The lowest BCUT2D eigenvalue weighted by Gasteiger charge is -2.53. The lowest BCUT2D eigenvalue weighted by molar-refractivity contribution is -0.157. The second kappa shape index (κ2) is 12.0. The molecule has 0 aromatic carbocycles. The van der Waals surface area contributed by atoms with Gasteiger partial charge in [0.1, 0.15) is 29.5 Å². The van der Waals surface area contributed by atoms with E-state index in [1.165, 1.54) is 16.7 Å². The van der Waals surface area contributed by atoms with E-state index in [9.17, 15) is 24.3 Å². The molecule has 5 N–H and O–H groups in total. The number of allylic oxidation sites excluding steroid dienone is 1. The van der Waals surface area contributed by atoms with Gasteiger partial charge < -0.3 is 31.0 Å². The molecule has 3 aliphatic rings. The number of thioether (sulfide) groups is 2. The van der Waals surface area contributed by atoms with Crippen molar-refractivity contribution in [3.8, 4) is 0 Å². The molecule has 0 radical (unpaired) electrons. The number of carbonyl (C=O) groups excluding carboxylic acids is 2. The Morgan fingerprint density at radius 1 is 1.34 bits per heavy atom. The molecule has 20 heteroatoms. The van der Waals surface area contributed by atoms with Crippen molar-refractivity contribution < 1.29 is 34.2 Å². The number of hydrogen-bond acceptors (Lipinski definition) is 15. The fourth-order valence-electron chi connectivity index (χ4n) is 4.35. The van der Waals surface area contributed by atoms with Crippen LogP contribution >= 0.6 is 35.1 Å². The molecule has 41 heavy (non-hydrogen) atoms. The Labute approximate surface area is 244 Å². The van der Waals surface area contributed by atoms with E-state index in [0.29, 0.717) is 0 Å². The molecule has 2 aromatic heterocycles. The normalized spacial score (nSPS) is 25.8. The molecule has 2 aliphatic heterocycles. The van der Waals surface area contributed by atoms with Crippen LogP contribution in [0.3, 0.4) is 0 Å². The van der Waals surface area contributed by atoms with Crippen LogP contribution in [-0.4, -0.2) is 110 Å². The van der Waals surface area contributed by atoms with Gasteiger partial charge in [0.05, 0.1) is 0 Å². The summed E-state index contributed by atoms with van der Waals surface area (Å²) in [4.78, 5) is 60.7.